The molecule has 0 amide bonds. The van der Waals surface area contributed by atoms with Gasteiger partial charge in [0.25, 0.3) is 0 Å². The van der Waals surface area contributed by atoms with Crippen LogP contribution in [0.2, 0.25) is 5.02 Å². The minimum atomic E-state index is -0.759. The van der Waals surface area contributed by atoms with Crippen molar-refractivity contribution in [1.29, 1.82) is 0 Å². The molecule has 0 spiro atoms. The van der Waals surface area contributed by atoms with Crippen LogP contribution in [0, 0.1) is 5.82 Å². The molecular weight excluding hydrogens is 183 g/mol. The summed E-state index contributed by atoms with van der Waals surface area (Å²) in [4.78, 5) is 20.7. The van der Waals surface area contributed by atoms with Crippen LogP contribution in [-0.2, 0) is 4.79 Å². The van der Waals surface area contributed by atoms with Crippen LogP contribution in [0.1, 0.15) is 10.4 Å². The summed E-state index contributed by atoms with van der Waals surface area (Å²) in [6.07, 6.45) is 0.128. The predicted molar refractivity (Wildman–Crippen MR) is 41.8 cm³/mol. The van der Waals surface area contributed by atoms with E-state index in [4.69, 9.17) is 11.6 Å². The molecule has 1 aromatic rings. The van der Waals surface area contributed by atoms with Gasteiger partial charge in [-0.25, -0.2) is 4.39 Å². The fourth-order valence-electron chi connectivity index (χ4n) is 0.717. The van der Waals surface area contributed by atoms with E-state index in [1.807, 2.05) is 0 Å². The van der Waals surface area contributed by atoms with E-state index >= 15 is 0 Å². The highest BCUT2D eigenvalue weighted by Crippen LogP contribution is 2.15. The van der Waals surface area contributed by atoms with Gasteiger partial charge in [-0.1, -0.05) is 11.6 Å². The van der Waals surface area contributed by atoms with Gasteiger partial charge in [-0.05, 0) is 18.2 Å². The zero-order valence-corrected chi connectivity index (χ0v) is 6.64. The lowest BCUT2D eigenvalue weighted by Gasteiger charge is -1.95. The Morgan fingerprint density at radius 2 is 2.17 bits per heavy atom. The molecule has 0 radical (unpaired) electrons. The number of ketones is 1. The molecule has 1 rings (SSSR count). The monoisotopic (exact) mass is 186 g/mol. The zero-order chi connectivity index (χ0) is 9.14. The molecule has 4 heteroatoms. The molecule has 0 bridgehead atoms. The number of carbonyl (C=O) groups is 2. The van der Waals surface area contributed by atoms with Gasteiger partial charge >= 0.3 is 0 Å². The van der Waals surface area contributed by atoms with E-state index in [-0.39, 0.29) is 16.9 Å². The van der Waals surface area contributed by atoms with Gasteiger partial charge in [-0.3, -0.25) is 9.59 Å². The van der Waals surface area contributed by atoms with Gasteiger partial charge in [0.05, 0.1) is 5.02 Å². The second-order valence-corrected chi connectivity index (χ2v) is 2.52. The van der Waals surface area contributed by atoms with Gasteiger partial charge in [-0.2, -0.15) is 0 Å². The highest BCUT2D eigenvalue weighted by Gasteiger charge is 2.06. The Morgan fingerprint density at radius 3 is 2.67 bits per heavy atom. The van der Waals surface area contributed by atoms with Crippen molar-refractivity contribution in [3.05, 3.63) is 34.6 Å². The number of halogens is 2. The fourth-order valence-corrected chi connectivity index (χ4v) is 0.835. The molecule has 0 N–H and O–H groups in total. The molecule has 0 unspecified atom stereocenters. The largest absolute Gasteiger partial charge is 0.294 e. The minimum absolute atomic E-state index is 0.00639. The third kappa shape index (κ3) is 1.68. The molecule has 0 aromatic heterocycles. The second-order valence-electron chi connectivity index (χ2n) is 2.11. The van der Waals surface area contributed by atoms with Crippen LogP contribution in [0.15, 0.2) is 18.2 Å². The van der Waals surface area contributed by atoms with Crippen LogP contribution in [0.25, 0.3) is 0 Å². The third-order valence-electron chi connectivity index (χ3n) is 1.31. The second kappa shape index (κ2) is 3.45. The lowest BCUT2D eigenvalue weighted by molar-refractivity contribution is -0.104. The van der Waals surface area contributed by atoms with Crippen molar-refractivity contribution < 1.29 is 14.0 Å². The molecule has 1 aromatic carbocycles. The summed E-state index contributed by atoms with van der Waals surface area (Å²) >= 11 is 5.35. The first-order valence-electron chi connectivity index (χ1n) is 3.09. The molecule has 62 valence electrons. The van der Waals surface area contributed by atoms with Crippen LogP contribution in [0.5, 0.6) is 0 Å². The highest BCUT2D eigenvalue weighted by atomic mass is 35.5. The number of aldehydes is 1. The van der Waals surface area contributed by atoms with Crippen LogP contribution in [0.3, 0.4) is 0 Å². The SMILES string of the molecule is O=CC(=O)c1ccc(Cl)c(F)c1. The molecule has 12 heavy (non-hydrogen) atoms. The van der Waals surface area contributed by atoms with E-state index in [9.17, 15) is 14.0 Å². The topological polar surface area (TPSA) is 34.1 Å². The maximum absolute atomic E-state index is 12.7. The van der Waals surface area contributed by atoms with Crippen LogP contribution >= 0.6 is 11.6 Å². The van der Waals surface area contributed by atoms with E-state index in [1.54, 1.807) is 0 Å². The van der Waals surface area contributed by atoms with Gasteiger partial charge in [0.15, 0.2) is 6.29 Å². The van der Waals surface area contributed by atoms with Gasteiger partial charge in [-0.15, -0.1) is 0 Å². The molecule has 0 heterocycles. The Bertz CT molecular complexity index is 336. The van der Waals surface area contributed by atoms with Crippen molar-refractivity contribution in [3.63, 3.8) is 0 Å². The van der Waals surface area contributed by atoms with Crippen LogP contribution < -0.4 is 0 Å². The van der Waals surface area contributed by atoms with E-state index in [0.717, 1.165) is 6.07 Å². The molecule has 2 nitrogen and oxygen atoms in total. The van der Waals surface area contributed by atoms with Crippen molar-refractivity contribution in [2.75, 3.05) is 0 Å². The highest BCUT2D eigenvalue weighted by molar-refractivity contribution is 6.34. The predicted octanol–water partition coefficient (Wildman–Crippen LogP) is 1.86. The standard InChI is InChI=1S/C8H4ClFO2/c9-6-2-1-5(3-7(6)10)8(12)4-11/h1-4H. The Kier molecular flexibility index (Phi) is 2.55. The number of rotatable bonds is 2. The molecule has 0 aliphatic heterocycles. The van der Waals surface area contributed by atoms with Gasteiger partial charge < -0.3 is 0 Å². The molecule has 0 atom stereocenters. The maximum atomic E-state index is 12.7. The van der Waals surface area contributed by atoms with Crippen LogP contribution in [0.4, 0.5) is 4.39 Å². The summed E-state index contributed by atoms with van der Waals surface area (Å²) in [7, 11) is 0. The fraction of sp³-hybridized carbons (Fsp3) is 0. The number of benzene rings is 1. The summed E-state index contributed by atoms with van der Waals surface area (Å²) in [6, 6.07) is 3.45. The van der Waals surface area contributed by atoms with Crippen LogP contribution in [-0.4, -0.2) is 12.1 Å². The minimum Gasteiger partial charge on any atom is -0.294 e. The van der Waals surface area contributed by atoms with Crippen molar-refractivity contribution in [2.24, 2.45) is 0 Å². The lowest BCUT2D eigenvalue weighted by Crippen LogP contribution is -1.99. The number of hydrogen-bond acceptors (Lipinski definition) is 2. The molecule has 0 aliphatic rings. The number of hydrogen-bond donors (Lipinski definition) is 0. The Balaban J connectivity index is 3.13. The van der Waals surface area contributed by atoms with E-state index in [0.29, 0.717) is 0 Å². The number of Topliss-reactive ketones (excluding diaryl/α,β-unsaturated/α-hetero) is 1. The van der Waals surface area contributed by atoms with Gasteiger partial charge in [0.2, 0.25) is 5.78 Å². The summed E-state index contributed by atoms with van der Waals surface area (Å²) in [5.41, 5.74) is 0.00639. The van der Waals surface area contributed by atoms with E-state index < -0.39 is 11.6 Å². The third-order valence-corrected chi connectivity index (χ3v) is 1.62. The first-order valence-corrected chi connectivity index (χ1v) is 3.47. The van der Waals surface area contributed by atoms with Crippen molar-refractivity contribution >= 4 is 23.7 Å². The Labute approximate surface area is 73.0 Å². The lowest BCUT2D eigenvalue weighted by atomic mass is 10.1. The van der Waals surface area contributed by atoms with Gasteiger partial charge in [0, 0.05) is 5.56 Å². The van der Waals surface area contributed by atoms with E-state index in [1.165, 1.54) is 12.1 Å². The average molecular weight is 187 g/mol. The quantitative estimate of drug-likeness (QED) is 0.401. The van der Waals surface area contributed by atoms with Crippen molar-refractivity contribution in [3.8, 4) is 0 Å². The molecule has 0 saturated carbocycles. The normalized spacial score (nSPS) is 9.50. The first-order chi connectivity index (χ1) is 5.65. The summed E-state index contributed by atoms with van der Waals surface area (Å²) in [5, 5.41) is -0.0718. The summed E-state index contributed by atoms with van der Waals surface area (Å²) < 4.78 is 12.7. The Morgan fingerprint density at radius 1 is 1.50 bits per heavy atom. The summed E-state index contributed by atoms with van der Waals surface area (Å²) in [6.45, 7) is 0. The van der Waals surface area contributed by atoms with Crippen molar-refractivity contribution in [1.82, 2.24) is 0 Å². The van der Waals surface area contributed by atoms with Crippen molar-refractivity contribution in [2.45, 2.75) is 0 Å². The summed E-state index contributed by atoms with van der Waals surface area (Å²) in [5.74, 6) is -1.46. The molecule has 0 saturated heterocycles. The number of carbonyl (C=O) groups excluding carboxylic acids is 2. The maximum Gasteiger partial charge on any atom is 0.225 e. The smallest absolute Gasteiger partial charge is 0.225 e. The Hall–Kier alpha value is -1.22. The average Bonchev–Trinajstić information content (AvgIpc) is 2.08. The first kappa shape index (κ1) is 8.87. The molecule has 0 fully saturated rings. The van der Waals surface area contributed by atoms with E-state index in [2.05, 4.69) is 0 Å². The van der Waals surface area contributed by atoms with Gasteiger partial charge in [0.1, 0.15) is 5.82 Å². The molecular formula is C8H4ClFO2. The molecule has 0 aliphatic carbocycles. The zero-order valence-electron chi connectivity index (χ0n) is 5.88.